The van der Waals surface area contributed by atoms with E-state index in [2.05, 4.69) is 5.32 Å². The van der Waals surface area contributed by atoms with E-state index in [1.165, 1.54) is 23.9 Å². The summed E-state index contributed by atoms with van der Waals surface area (Å²) in [5.74, 6) is -0.249. The third kappa shape index (κ3) is 5.14. The zero-order valence-electron chi connectivity index (χ0n) is 15.8. The van der Waals surface area contributed by atoms with Crippen molar-refractivity contribution in [1.82, 2.24) is 0 Å². The molecular weight excluding hydrogens is 421 g/mol. The number of carbonyl (C=O) groups excluding carboxylic acids is 1. The molecule has 0 aromatic heterocycles. The molecule has 0 spiro atoms. The summed E-state index contributed by atoms with van der Waals surface area (Å²) < 4.78 is 13.3. The van der Waals surface area contributed by atoms with Gasteiger partial charge in [-0.3, -0.25) is 9.79 Å². The summed E-state index contributed by atoms with van der Waals surface area (Å²) in [5.41, 5.74) is 3.74. The van der Waals surface area contributed by atoms with Gasteiger partial charge in [-0.15, -0.1) is 11.8 Å². The minimum Gasteiger partial charge on any atom is -0.325 e. The maximum atomic E-state index is 13.3. The minimum atomic E-state index is -0.297. The van der Waals surface area contributed by atoms with Crippen LogP contribution >= 0.6 is 23.4 Å². The number of fused-ring (bicyclic) bond motifs is 1. The molecule has 7 heteroatoms. The van der Waals surface area contributed by atoms with Gasteiger partial charge in [0.2, 0.25) is 5.91 Å². The van der Waals surface area contributed by atoms with Gasteiger partial charge < -0.3 is 5.32 Å². The highest BCUT2D eigenvalue weighted by atomic mass is 35.5. The van der Waals surface area contributed by atoms with Crippen LogP contribution in [0.4, 0.5) is 21.5 Å². The number of para-hydroxylation sites is 2. The summed E-state index contributed by atoms with van der Waals surface area (Å²) in [6, 6.07) is 20.8. The average molecular weight is 438 g/mol. The van der Waals surface area contributed by atoms with Gasteiger partial charge in [-0.2, -0.15) is 0 Å². The molecule has 1 N–H and O–H groups in total. The van der Waals surface area contributed by atoms with Crippen LogP contribution in [-0.4, -0.2) is 22.4 Å². The van der Waals surface area contributed by atoms with Crippen LogP contribution in [0.25, 0.3) is 0 Å². The molecule has 0 fully saturated rings. The van der Waals surface area contributed by atoms with Gasteiger partial charge in [0.15, 0.2) is 0 Å². The zero-order chi connectivity index (χ0) is 20.9. The quantitative estimate of drug-likeness (QED) is 0.513. The third-order valence-electron chi connectivity index (χ3n) is 4.36. The summed E-state index contributed by atoms with van der Waals surface area (Å²) in [6.45, 7) is 0. The number of hydrogen-bond donors (Lipinski definition) is 1. The fraction of sp³-hybridized carbons (Fsp3) is 0.0870. The number of rotatable bonds is 4. The molecule has 0 bridgehead atoms. The fourth-order valence-electron chi connectivity index (χ4n) is 2.96. The third-order valence-corrected chi connectivity index (χ3v) is 5.57. The highest BCUT2D eigenvalue weighted by molar-refractivity contribution is 8.14. The molecule has 4 nitrogen and oxygen atoms in total. The van der Waals surface area contributed by atoms with Crippen molar-refractivity contribution in [2.24, 2.45) is 9.98 Å². The molecule has 0 atom stereocenters. The number of thioether (sulfide) groups is 1. The van der Waals surface area contributed by atoms with Gasteiger partial charge in [-0.05, 0) is 48.0 Å². The van der Waals surface area contributed by atoms with Gasteiger partial charge in [0.05, 0.1) is 27.9 Å². The van der Waals surface area contributed by atoms with Crippen LogP contribution in [0.5, 0.6) is 0 Å². The fourth-order valence-corrected chi connectivity index (χ4v) is 3.92. The smallest absolute Gasteiger partial charge is 0.234 e. The molecule has 1 aliphatic rings. The van der Waals surface area contributed by atoms with Crippen molar-refractivity contribution in [3.8, 4) is 0 Å². The predicted molar refractivity (Wildman–Crippen MR) is 123 cm³/mol. The molecule has 1 amide bonds. The Balaban J connectivity index is 1.52. The first-order valence-corrected chi connectivity index (χ1v) is 10.6. The number of amides is 1. The van der Waals surface area contributed by atoms with E-state index in [-0.39, 0.29) is 17.5 Å². The van der Waals surface area contributed by atoms with Crippen LogP contribution in [0.15, 0.2) is 82.8 Å². The first-order valence-electron chi connectivity index (χ1n) is 9.25. The Morgan fingerprint density at radius 2 is 1.73 bits per heavy atom. The number of carbonyl (C=O) groups is 1. The molecule has 4 rings (SSSR count). The van der Waals surface area contributed by atoms with E-state index in [4.69, 9.17) is 21.6 Å². The number of hydrogen-bond acceptors (Lipinski definition) is 4. The monoisotopic (exact) mass is 437 g/mol. The van der Waals surface area contributed by atoms with E-state index >= 15 is 0 Å². The van der Waals surface area contributed by atoms with E-state index in [0.717, 1.165) is 27.7 Å². The summed E-state index contributed by atoms with van der Waals surface area (Å²) in [5, 5.41) is 4.16. The molecule has 0 unspecified atom stereocenters. The Morgan fingerprint density at radius 3 is 2.47 bits per heavy atom. The van der Waals surface area contributed by atoms with E-state index in [9.17, 15) is 9.18 Å². The Kier molecular flexibility index (Phi) is 6.26. The Morgan fingerprint density at radius 1 is 1.00 bits per heavy atom. The molecule has 1 aliphatic heterocycles. The summed E-state index contributed by atoms with van der Waals surface area (Å²) >= 11 is 7.32. The van der Waals surface area contributed by atoms with Gasteiger partial charge >= 0.3 is 0 Å². The van der Waals surface area contributed by atoms with Crippen molar-refractivity contribution < 1.29 is 9.18 Å². The second-order valence-electron chi connectivity index (χ2n) is 6.58. The number of halogens is 2. The number of benzene rings is 3. The van der Waals surface area contributed by atoms with Crippen LogP contribution in [0.2, 0.25) is 5.02 Å². The SMILES string of the molecule is O=C(CSC1=Nc2ccccc2N=C(c2ccc(F)cc2)C1)Nc1cccc(Cl)c1. The molecule has 30 heavy (non-hydrogen) atoms. The number of nitrogens with zero attached hydrogens (tertiary/aromatic N) is 2. The van der Waals surface area contributed by atoms with Gasteiger partial charge in [0.1, 0.15) is 5.82 Å². The lowest BCUT2D eigenvalue weighted by molar-refractivity contribution is -0.113. The second kappa shape index (κ2) is 9.24. The van der Waals surface area contributed by atoms with E-state index < -0.39 is 0 Å². The number of aliphatic imine (C=N–C) groups is 2. The molecule has 0 saturated carbocycles. The maximum Gasteiger partial charge on any atom is 0.234 e. The van der Waals surface area contributed by atoms with Crippen molar-refractivity contribution in [3.05, 3.63) is 89.2 Å². The number of nitrogens with one attached hydrogen (secondary N) is 1. The molecule has 1 heterocycles. The molecule has 150 valence electrons. The molecule has 3 aromatic rings. The van der Waals surface area contributed by atoms with Crippen molar-refractivity contribution >= 4 is 57.1 Å². The first-order chi connectivity index (χ1) is 14.6. The Labute approximate surface area is 182 Å². The van der Waals surface area contributed by atoms with Crippen LogP contribution in [0.3, 0.4) is 0 Å². The van der Waals surface area contributed by atoms with Gasteiger partial charge in [-0.1, -0.05) is 41.9 Å². The molecule has 0 saturated heterocycles. The van der Waals surface area contributed by atoms with Crippen molar-refractivity contribution in [3.63, 3.8) is 0 Å². The highest BCUT2D eigenvalue weighted by Gasteiger charge is 2.16. The van der Waals surface area contributed by atoms with Crippen molar-refractivity contribution in [2.45, 2.75) is 6.42 Å². The van der Waals surface area contributed by atoms with E-state index in [1.807, 2.05) is 24.3 Å². The van der Waals surface area contributed by atoms with Gasteiger partial charge in [0.25, 0.3) is 0 Å². The van der Waals surface area contributed by atoms with Crippen molar-refractivity contribution in [1.29, 1.82) is 0 Å². The predicted octanol–water partition coefficient (Wildman–Crippen LogP) is 6.41. The van der Waals surface area contributed by atoms with Crippen molar-refractivity contribution in [2.75, 3.05) is 11.1 Å². The lowest BCUT2D eigenvalue weighted by Gasteiger charge is -2.08. The van der Waals surface area contributed by atoms with Gasteiger partial charge in [0, 0.05) is 17.1 Å². The highest BCUT2D eigenvalue weighted by Crippen LogP contribution is 2.33. The zero-order valence-corrected chi connectivity index (χ0v) is 17.4. The first kappa shape index (κ1) is 20.3. The van der Waals surface area contributed by atoms with E-state index in [1.54, 1.807) is 36.4 Å². The molecule has 3 aromatic carbocycles. The second-order valence-corrected chi connectivity index (χ2v) is 8.07. The standard InChI is InChI=1S/C23H17ClFN3OS/c24-16-4-3-5-18(12-16)26-22(29)14-30-23-13-21(15-8-10-17(25)11-9-15)27-19-6-1-2-7-20(19)28-23/h1-12H,13-14H2,(H,26,29). The maximum absolute atomic E-state index is 13.3. The largest absolute Gasteiger partial charge is 0.325 e. The Bertz CT molecular complexity index is 1150. The van der Waals surface area contributed by atoms with Gasteiger partial charge in [-0.25, -0.2) is 9.38 Å². The van der Waals surface area contributed by atoms with E-state index in [0.29, 0.717) is 17.1 Å². The average Bonchev–Trinajstić information content (AvgIpc) is 2.92. The summed E-state index contributed by atoms with van der Waals surface area (Å²) in [6.07, 6.45) is 0.454. The topological polar surface area (TPSA) is 53.8 Å². The van der Waals surface area contributed by atoms with Crippen LogP contribution in [0.1, 0.15) is 12.0 Å². The Hall–Kier alpha value is -2.96. The minimum absolute atomic E-state index is 0.150. The lowest BCUT2D eigenvalue weighted by Crippen LogP contribution is -2.16. The molecular formula is C23H17ClFN3OS. The van der Waals surface area contributed by atoms with Crippen LogP contribution < -0.4 is 5.32 Å². The summed E-state index contributed by atoms with van der Waals surface area (Å²) in [4.78, 5) is 21.8. The number of anilines is 1. The summed E-state index contributed by atoms with van der Waals surface area (Å²) in [7, 11) is 0. The molecule has 0 aliphatic carbocycles. The van der Waals surface area contributed by atoms with Crippen LogP contribution in [-0.2, 0) is 4.79 Å². The lowest BCUT2D eigenvalue weighted by atomic mass is 10.1. The normalized spacial score (nSPS) is 13.0. The van der Waals surface area contributed by atoms with Crippen LogP contribution in [0, 0.1) is 5.82 Å². The molecule has 0 radical (unpaired) electrons.